The first-order chi connectivity index (χ1) is 11.5. The van der Waals surface area contributed by atoms with Gasteiger partial charge in [-0.25, -0.2) is 0 Å². The lowest BCUT2D eigenvalue weighted by molar-refractivity contribution is -0.122. The van der Waals surface area contributed by atoms with Gasteiger partial charge < -0.3 is 5.32 Å². The molecule has 0 unspecified atom stereocenters. The number of hydrazine groups is 1. The van der Waals surface area contributed by atoms with Crippen LogP contribution in [0.3, 0.4) is 0 Å². The summed E-state index contributed by atoms with van der Waals surface area (Å²) in [6, 6.07) is 16.3. The van der Waals surface area contributed by atoms with Gasteiger partial charge in [-0.3, -0.25) is 15.6 Å². The molecule has 2 atom stereocenters. The van der Waals surface area contributed by atoms with Gasteiger partial charge in [0.1, 0.15) is 0 Å². The zero-order valence-corrected chi connectivity index (χ0v) is 14.6. The minimum absolute atomic E-state index is 0.0161. The number of benzene rings is 2. The molecule has 0 aromatic heterocycles. The second-order valence-electron chi connectivity index (χ2n) is 6.29. The van der Waals surface area contributed by atoms with Crippen molar-refractivity contribution in [3.63, 3.8) is 0 Å². The molecule has 5 heteroatoms. The van der Waals surface area contributed by atoms with Gasteiger partial charge in [0.15, 0.2) is 5.11 Å². The van der Waals surface area contributed by atoms with Crippen LogP contribution in [0, 0.1) is 19.8 Å². The summed E-state index contributed by atoms with van der Waals surface area (Å²) in [5.41, 5.74) is 9.99. The molecule has 1 saturated carbocycles. The Morgan fingerprint density at radius 3 is 2.17 bits per heavy atom. The van der Waals surface area contributed by atoms with Crippen molar-refractivity contribution in [2.75, 3.05) is 5.32 Å². The molecule has 3 rings (SSSR count). The molecule has 0 heterocycles. The molecule has 0 spiro atoms. The number of thiocarbonyl (C=S) groups is 1. The van der Waals surface area contributed by atoms with Crippen molar-refractivity contribution in [1.82, 2.24) is 10.9 Å². The highest BCUT2D eigenvalue weighted by Gasteiger charge is 2.43. The molecule has 1 aliphatic carbocycles. The van der Waals surface area contributed by atoms with Crippen LogP contribution in [0.15, 0.2) is 48.5 Å². The lowest BCUT2D eigenvalue weighted by Crippen LogP contribution is -2.44. The molecule has 2 aromatic carbocycles. The third kappa shape index (κ3) is 4.11. The van der Waals surface area contributed by atoms with Gasteiger partial charge in [0.25, 0.3) is 0 Å². The summed E-state index contributed by atoms with van der Waals surface area (Å²) in [5, 5.41) is 3.41. The molecule has 1 aliphatic rings. The Kier molecular flexibility index (Phi) is 4.81. The number of hydrogen-bond acceptors (Lipinski definition) is 2. The van der Waals surface area contributed by atoms with E-state index in [4.69, 9.17) is 12.2 Å². The molecule has 124 valence electrons. The minimum atomic E-state index is -0.0198. The molecule has 2 aromatic rings. The molecule has 0 bridgehead atoms. The monoisotopic (exact) mass is 339 g/mol. The Morgan fingerprint density at radius 2 is 1.54 bits per heavy atom. The minimum Gasteiger partial charge on any atom is -0.331 e. The Morgan fingerprint density at radius 1 is 0.958 bits per heavy atom. The Balaban J connectivity index is 1.45. The Labute approximate surface area is 147 Å². The van der Waals surface area contributed by atoms with Crippen LogP contribution in [-0.4, -0.2) is 11.0 Å². The lowest BCUT2D eigenvalue weighted by atomic mass is 10.1. The number of rotatable bonds is 3. The third-order valence-electron chi connectivity index (χ3n) is 4.24. The second-order valence-corrected chi connectivity index (χ2v) is 6.70. The molecular formula is C19H21N3OS. The number of amides is 1. The summed E-state index contributed by atoms with van der Waals surface area (Å²) < 4.78 is 0. The highest BCUT2D eigenvalue weighted by atomic mass is 32.1. The molecule has 1 amide bonds. The van der Waals surface area contributed by atoms with Gasteiger partial charge in [0, 0.05) is 11.6 Å². The van der Waals surface area contributed by atoms with Crippen molar-refractivity contribution in [3.05, 3.63) is 65.2 Å². The number of carbonyl (C=O) groups excluding carboxylic acids is 1. The zero-order valence-electron chi connectivity index (χ0n) is 13.8. The van der Waals surface area contributed by atoms with E-state index >= 15 is 0 Å². The number of carbonyl (C=O) groups is 1. The smallest absolute Gasteiger partial charge is 0.242 e. The van der Waals surface area contributed by atoms with E-state index in [0.717, 1.165) is 12.1 Å². The summed E-state index contributed by atoms with van der Waals surface area (Å²) >= 11 is 5.19. The van der Waals surface area contributed by atoms with Crippen molar-refractivity contribution < 1.29 is 4.79 Å². The van der Waals surface area contributed by atoms with Crippen molar-refractivity contribution >= 4 is 28.9 Å². The molecule has 3 N–H and O–H groups in total. The number of aryl methyl sites for hydroxylation is 2. The summed E-state index contributed by atoms with van der Waals surface area (Å²) in [6.07, 6.45) is 0.884. The normalized spacial score (nSPS) is 18.6. The zero-order chi connectivity index (χ0) is 17.1. The quantitative estimate of drug-likeness (QED) is 0.592. The van der Waals surface area contributed by atoms with E-state index in [1.807, 2.05) is 31.2 Å². The maximum Gasteiger partial charge on any atom is 0.242 e. The molecule has 4 nitrogen and oxygen atoms in total. The number of nitrogens with one attached hydrogen (secondary N) is 3. The predicted molar refractivity (Wildman–Crippen MR) is 101 cm³/mol. The number of anilines is 1. The van der Waals surface area contributed by atoms with E-state index in [0.29, 0.717) is 11.0 Å². The predicted octanol–water partition coefficient (Wildman–Crippen LogP) is 3.42. The maximum absolute atomic E-state index is 12.2. The third-order valence-corrected chi connectivity index (χ3v) is 4.45. The van der Waals surface area contributed by atoms with Crippen molar-refractivity contribution in [2.45, 2.75) is 26.2 Å². The molecule has 0 saturated heterocycles. The first-order valence-corrected chi connectivity index (χ1v) is 8.44. The Bertz CT molecular complexity index is 740. The molecule has 0 aliphatic heterocycles. The highest BCUT2D eigenvalue weighted by Crippen LogP contribution is 2.47. The Hall–Kier alpha value is -2.40. The second kappa shape index (κ2) is 7.01. The highest BCUT2D eigenvalue weighted by molar-refractivity contribution is 7.80. The topological polar surface area (TPSA) is 53.2 Å². The van der Waals surface area contributed by atoms with Crippen molar-refractivity contribution in [2.24, 2.45) is 5.92 Å². The SMILES string of the molecule is Cc1ccc(NC(=S)NNC(=O)[C@@H]2C[C@@H]2c2ccc(C)cc2)cc1. The van der Waals surface area contributed by atoms with Gasteiger partial charge in [-0.15, -0.1) is 0 Å². The average molecular weight is 339 g/mol. The van der Waals surface area contributed by atoms with Crippen LogP contribution in [-0.2, 0) is 4.79 Å². The van der Waals surface area contributed by atoms with Gasteiger partial charge in [0.2, 0.25) is 5.91 Å². The van der Waals surface area contributed by atoms with Gasteiger partial charge in [-0.2, -0.15) is 0 Å². The van der Waals surface area contributed by atoms with Crippen LogP contribution in [0.25, 0.3) is 0 Å². The first kappa shape index (κ1) is 16.5. The van der Waals surface area contributed by atoms with Crippen LogP contribution in [0.5, 0.6) is 0 Å². The van der Waals surface area contributed by atoms with Gasteiger partial charge >= 0.3 is 0 Å². The lowest BCUT2D eigenvalue weighted by Gasteiger charge is -2.11. The fourth-order valence-corrected chi connectivity index (χ4v) is 2.85. The van der Waals surface area contributed by atoms with E-state index in [9.17, 15) is 4.79 Å². The number of hydrogen-bond donors (Lipinski definition) is 3. The van der Waals surface area contributed by atoms with E-state index in [2.05, 4.69) is 47.4 Å². The van der Waals surface area contributed by atoms with E-state index < -0.39 is 0 Å². The largest absolute Gasteiger partial charge is 0.331 e. The fraction of sp³-hybridized carbons (Fsp3) is 0.263. The molecule has 1 fully saturated rings. The summed E-state index contributed by atoms with van der Waals surface area (Å²) in [5.74, 6) is 0.307. The summed E-state index contributed by atoms with van der Waals surface area (Å²) in [6.45, 7) is 4.09. The summed E-state index contributed by atoms with van der Waals surface area (Å²) in [7, 11) is 0. The standard InChI is InChI=1S/C19H21N3OS/c1-12-3-7-14(8-4-12)16-11-17(16)18(23)21-22-19(24)20-15-9-5-13(2)6-10-15/h3-10,16-17H,11H2,1-2H3,(H,21,23)(H2,20,22,24)/t16-,17-/m1/s1. The fourth-order valence-electron chi connectivity index (χ4n) is 2.68. The van der Waals surface area contributed by atoms with E-state index in [1.165, 1.54) is 16.7 Å². The van der Waals surface area contributed by atoms with E-state index in [-0.39, 0.29) is 11.8 Å². The van der Waals surface area contributed by atoms with Crippen LogP contribution in [0.2, 0.25) is 0 Å². The van der Waals surface area contributed by atoms with Gasteiger partial charge in [-0.05, 0) is 56.1 Å². The van der Waals surface area contributed by atoms with Gasteiger partial charge in [-0.1, -0.05) is 47.5 Å². The first-order valence-electron chi connectivity index (χ1n) is 8.03. The van der Waals surface area contributed by atoms with Gasteiger partial charge in [0.05, 0.1) is 0 Å². The molecule has 24 heavy (non-hydrogen) atoms. The van der Waals surface area contributed by atoms with Crippen LogP contribution in [0.4, 0.5) is 5.69 Å². The maximum atomic E-state index is 12.2. The van der Waals surface area contributed by atoms with Crippen LogP contribution in [0.1, 0.15) is 29.0 Å². The van der Waals surface area contributed by atoms with Crippen molar-refractivity contribution in [1.29, 1.82) is 0 Å². The average Bonchev–Trinajstić information content (AvgIpc) is 3.36. The van der Waals surface area contributed by atoms with Crippen LogP contribution < -0.4 is 16.2 Å². The molecular weight excluding hydrogens is 318 g/mol. The molecule has 0 radical (unpaired) electrons. The summed E-state index contributed by atoms with van der Waals surface area (Å²) in [4.78, 5) is 12.2. The van der Waals surface area contributed by atoms with Crippen molar-refractivity contribution in [3.8, 4) is 0 Å². The van der Waals surface area contributed by atoms with Crippen LogP contribution >= 0.6 is 12.2 Å². The van der Waals surface area contributed by atoms with E-state index in [1.54, 1.807) is 0 Å².